The molecule has 0 aromatic heterocycles. The van der Waals surface area contributed by atoms with Crippen molar-refractivity contribution in [1.82, 2.24) is 15.8 Å². The van der Waals surface area contributed by atoms with Crippen LogP contribution < -0.4 is 31.6 Å². The molecule has 0 aliphatic carbocycles. The molecule has 34 heavy (non-hydrogen) atoms. The lowest BCUT2D eigenvalue weighted by Crippen LogP contribution is -2.51. The Morgan fingerprint density at radius 2 is 2.09 bits per heavy atom. The number of carbonyl (C=O) groups is 2. The van der Waals surface area contributed by atoms with Crippen LogP contribution in [0.4, 0.5) is 31.0 Å². The zero-order valence-corrected chi connectivity index (χ0v) is 19.2. The lowest BCUT2D eigenvalue weighted by Gasteiger charge is -2.25. The van der Waals surface area contributed by atoms with Crippen molar-refractivity contribution in [2.24, 2.45) is 5.73 Å². The predicted molar refractivity (Wildman–Crippen MR) is 128 cm³/mol. The summed E-state index contributed by atoms with van der Waals surface area (Å²) in [5.74, 6) is -0.441. The van der Waals surface area contributed by atoms with Gasteiger partial charge >= 0.3 is 12.1 Å². The van der Waals surface area contributed by atoms with Crippen LogP contribution in [0, 0.1) is 5.82 Å². The molecule has 10 nitrogen and oxygen atoms in total. The van der Waals surface area contributed by atoms with E-state index >= 15 is 4.39 Å². The number of hydrazine groups is 1. The number of amides is 3. The highest BCUT2D eigenvalue weighted by Gasteiger charge is 2.32. The summed E-state index contributed by atoms with van der Waals surface area (Å²) < 4.78 is 20.2. The topological polar surface area (TPSA) is 115 Å². The summed E-state index contributed by atoms with van der Waals surface area (Å²) in [6, 6.07) is 12.3. The third kappa shape index (κ3) is 4.56. The molecule has 2 saturated heterocycles. The molecule has 0 bridgehead atoms. The Morgan fingerprint density at radius 1 is 1.24 bits per heavy atom. The average Bonchev–Trinajstić information content (AvgIpc) is 3.32. The number of nitrogens with one attached hydrogen (secondary N) is 3. The maximum absolute atomic E-state index is 15.0. The highest BCUT2D eigenvalue weighted by Crippen LogP contribution is 2.36. The van der Waals surface area contributed by atoms with E-state index in [9.17, 15) is 9.59 Å². The van der Waals surface area contributed by atoms with Gasteiger partial charge in [-0.1, -0.05) is 23.9 Å². The second kappa shape index (κ2) is 9.57. The number of thioether (sulfide) groups is 1. The molecular weight excluding hydrogens is 461 g/mol. The summed E-state index contributed by atoms with van der Waals surface area (Å²) in [5.41, 5.74) is 10.3. The minimum absolute atomic E-state index is 0.218. The number of cyclic esters (lactones) is 1. The molecule has 2 atom stereocenters. The number of hydrogen-bond acceptors (Lipinski definition) is 8. The third-order valence-electron chi connectivity index (χ3n) is 5.92. The van der Waals surface area contributed by atoms with Gasteiger partial charge in [-0.15, -0.1) is 0 Å². The molecule has 3 aliphatic heterocycles. The van der Waals surface area contributed by atoms with Gasteiger partial charge in [0.1, 0.15) is 11.9 Å². The molecular formula is C22H26FN7O3S. The molecule has 0 saturated carbocycles. The SMILES string of the molecule is NC[C@H]1CN(c2ccc(N3CCNN(C(=O)NC4Nc5ccccc5S4)CC3)c(F)c2)C(=O)O1. The Kier molecular flexibility index (Phi) is 6.35. The monoisotopic (exact) mass is 487 g/mol. The first-order valence-electron chi connectivity index (χ1n) is 11.1. The lowest BCUT2D eigenvalue weighted by molar-refractivity contribution is 0.145. The van der Waals surface area contributed by atoms with Gasteiger partial charge in [-0.05, 0) is 30.3 Å². The predicted octanol–water partition coefficient (Wildman–Crippen LogP) is 1.95. The second-order valence-electron chi connectivity index (χ2n) is 8.12. The van der Waals surface area contributed by atoms with Crippen LogP contribution in [0.5, 0.6) is 0 Å². The summed E-state index contributed by atoms with van der Waals surface area (Å²) >= 11 is 1.55. The molecule has 3 aliphatic rings. The minimum atomic E-state index is -0.527. The number of urea groups is 1. The number of para-hydroxylation sites is 1. The van der Waals surface area contributed by atoms with E-state index in [2.05, 4.69) is 16.1 Å². The van der Waals surface area contributed by atoms with Crippen molar-refractivity contribution >= 4 is 40.9 Å². The van der Waals surface area contributed by atoms with Crippen LogP contribution in [0.15, 0.2) is 47.4 Å². The molecule has 1 unspecified atom stereocenters. The molecule has 5 N–H and O–H groups in total. The van der Waals surface area contributed by atoms with Gasteiger partial charge in [-0.25, -0.2) is 19.4 Å². The largest absolute Gasteiger partial charge is 0.443 e. The number of nitrogens with two attached hydrogens (primary N) is 1. The number of halogens is 1. The maximum atomic E-state index is 15.0. The van der Waals surface area contributed by atoms with Crippen molar-refractivity contribution in [2.45, 2.75) is 16.5 Å². The number of nitrogens with zero attached hydrogens (tertiary/aromatic N) is 3. The average molecular weight is 488 g/mol. The van der Waals surface area contributed by atoms with E-state index in [1.54, 1.807) is 23.9 Å². The molecule has 0 spiro atoms. The highest BCUT2D eigenvalue weighted by atomic mass is 32.2. The molecule has 2 aromatic rings. The van der Waals surface area contributed by atoms with Crippen molar-refractivity contribution in [3.8, 4) is 0 Å². The summed E-state index contributed by atoms with van der Waals surface area (Å²) in [7, 11) is 0. The van der Waals surface area contributed by atoms with Gasteiger partial charge in [-0.2, -0.15) is 0 Å². The first-order chi connectivity index (χ1) is 16.5. The number of fused-ring (bicyclic) bond motifs is 1. The standard InChI is InChI=1S/C22H26FN7O3S/c23-16-11-14(29-13-15(12-24)33-22(29)32)5-6-18(16)28-8-7-25-30(10-9-28)21(31)27-20-26-17-3-1-2-4-19(17)34-20/h1-6,11,15,20,25-26H,7-10,12-13,24H2,(H,27,31)/t15-,20?/m0/s1. The minimum Gasteiger partial charge on any atom is -0.443 e. The van der Waals surface area contributed by atoms with Crippen molar-refractivity contribution in [3.05, 3.63) is 48.3 Å². The van der Waals surface area contributed by atoms with Gasteiger partial charge in [0.2, 0.25) is 0 Å². The van der Waals surface area contributed by atoms with Crippen LogP contribution in [-0.4, -0.2) is 68.0 Å². The van der Waals surface area contributed by atoms with Gasteiger partial charge in [-0.3, -0.25) is 9.91 Å². The van der Waals surface area contributed by atoms with Crippen molar-refractivity contribution in [3.63, 3.8) is 0 Å². The fraction of sp³-hybridized carbons (Fsp3) is 0.364. The van der Waals surface area contributed by atoms with Crippen molar-refractivity contribution < 1.29 is 18.7 Å². The second-order valence-corrected chi connectivity index (χ2v) is 9.27. The lowest BCUT2D eigenvalue weighted by atomic mass is 10.2. The number of benzene rings is 2. The zero-order chi connectivity index (χ0) is 23.7. The molecule has 2 fully saturated rings. The van der Waals surface area contributed by atoms with E-state index in [4.69, 9.17) is 10.5 Å². The maximum Gasteiger partial charge on any atom is 0.414 e. The van der Waals surface area contributed by atoms with Crippen LogP contribution >= 0.6 is 11.8 Å². The molecule has 3 amide bonds. The molecule has 180 valence electrons. The molecule has 0 radical (unpaired) electrons. The molecule has 2 aromatic carbocycles. The van der Waals surface area contributed by atoms with Gasteiger partial charge in [0.05, 0.1) is 30.2 Å². The number of hydrogen-bond donors (Lipinski definition) is 4. The number of rotatable bonds is 4. The van der Waals surface area contributed by atoms with Gasteiger partial charge in [0.25, 0.3) is 0 Å². The zero-order valence-electron chi connectivity index (χ0n) is 18.4. The first-order valence-corrected chi connectivity index (χ1v) is 12.0. The summed E-state index contributed by atoms with van der Waals surface area (Å²) in [6.45, 7) is 2.32. The summed E-state index contributed by atoms with van der Waals surface area (Å²) in [5, 5.41) is 7.76. The highest BCUT2D eigenvalue weighted by molar-refractivity contribution is 8.00. The van der Waals surface area contributed by atoms with E-state index in [0.29, 0.717) is 44.1 Å². The van der Waals surface area contributed by atoms with Crippen LogP contribution in [-0.2, 0) is 4.74 Å². The Morgan fingerprint density at radius 3 is 2.85 bits per heavy atom. The Bertz CT molecular complexity index is 1070. The van der Waals surface area contributed by atoms with E-state index in [0.717, 1.165) is 10.6 Å². The van der Waals surface area contributed by atoms with E-state index in [1.165, 1.54) is 16.0 Å². The Balaban J connectivity index is 1.19. The van der Waals surface area contributed by atoms with Gasteiger partial charge < -0.3 is 26.0 Å². The van der Waals surface area contributed by atoms with Crippen LogP contribution in [0.25, 0.3) is 0 Å². The van der Waals surface area contributed by atoms with Crippen LogP contribution in [0.3, 0.4) is 0 Å². The molecule has 3 heterocycles. The summed E-state index contributed by atoms with van der Waals surface area (Å²) in [6.07, 6.45) is -0.919. The van der Waals surface area contributed by atoms with Gasteiger partial charge in [0, 0.05) is 31.1 Å². The van der Waals surface area contributed by atoms with E-state index < -0.39 is 18.0 Å². The van der Waals surface area contributed by atoms with E-state index in [-0.39, 0.29) is 18.1 Å². The quantitative estimate of drug-likeness (QED) is 0.517. The van der Waals surface area contributed by atoms with Crippen molar-refractivity contribution in [2.75, 3.05) is 54.4 Å². The first kappa shape index (κ1) is 22.6. The molecule has 5 rings (SSSR count). The third-order valence-corrected chi connectivity index (χ3v) is 7.00. The number of anilines is 3. The Hall–Kier alpha value is -3.22. The van der Waals surface area contributed by atoms with E-state index in [1.807, 2.05) is 29.2 Å². The van der Waals surface area contributed by atoms with Gasteiger partial charge in [0.15, 0.2) is 5.50 Å². The summed E-state index contributed by atoms with van der Waals surface area (Å²) in [4.78, 5) is 29.2. The van der Waals surface area contributed by atoms with Crippen molar-refractivity contribution in [1.29, 1.82) is 0 Å². The smallest absolute Gasteiger partial charge is 0.414 e. The Labute approximate surface area is 200 Å². The van der Waals surface area contributed by atoms with Crippen LogP contribution in [0.2, 0.25) is 0 Å². The normalized spacial score (nSPS) is 22.2. The number of ether oxygens (including phenoxy) is 1. The number of carbonyl (C=O) groups excluding carboxylic acids is 2. The van der Waals surface area contributed by atoms with Crippen LogP contribution in [0.1, 0.15) is 0 Å². The fourth-order valence-corrected chi connectivity index (χ4v) is 5.17. The molecule has 12 heteroatoms. The fourth-order valence-electron chi connectivity index (χ4n) is 4.16.